The van der Waals surface area contributed by atoms with E-state index >= 15 is 0 Å². The van der Waals surface area contributed by atoms with Crippen LogP contribution in [-0.2, 0) is 33.4 Å². The fraction of sp³-hybridized carbons (Fsp3) is 0.217. The molecular formula is C23H24FN5O7P+. The number of anilines is 1. The van der Waals surface area contributed by atoms with Crippen LogP contribution in [0.3, 0.4) is 0 Å². The summed E-state index contributed by atoms with van der Waals surface area (Å²) in [6, 6.07) is 10.1. The highest BCUT2D eigenvalue weighted by Gasteiger charge is 2.22. The minimum Gasteiger partial charge on any atom is -0.481 e. The zero-order valence-corrected chi connectivity index (χ0v) is 20.8. The Morgan fingerprint density at radius 3 is 2.70 bits per heavy atom. The number of phosphoric ester groups is 1. The summed E-state index contributed by atoms with van der Waals surface area (Å²) >= 11 is 0. The van der Waals surface area contributed by atoms with E-state index in [9.17, 15) is 13.8 Å². The molecule has 0 aliphatic carbocycles. The van der Waals surface area contributed by atoms with Gasteiger partial charge in [0.2, 0.25) is 18.5 Å². The number of hydrogen-bond donors (Lipinski definition) is 2. The van der Waals surface area contributed by atoms with Gasteiger partial charge in [0.1, 0.15) is 18.0 Å². The highest BCUT2D eigenvalue weighted by molar-refractivity contribution is 7.47. The van der Waals surface area contributed by atoms with Crippen molar-refractivity contribution in [2.24, 2.45) is 0 Å². The molecule has 3 N–H and O–H groups in total. The molecule has 4 aromatic rings. The lowest BCUT2D eigenvalue weighted by molar-refractivity contribution is -0.711. The number of phosphoric acid groups is 1. The minimum atomic E-state index is -4.16. The summed E-state index contributed by atoms with van der Waals surface area (Å²) in [4.78, 5) is 17.5. The lowest BCUT2D eigenvalue weighted by Crippen LogP contribution is -2.38. The lowest BCUT2D eigenvalue weighted by atomic mass is 10.1. The van der Waals surface area contributed by atoms with Crippen LogP contribution in [0.5, 0.6) is 11.8 Å². The van der Waals surface area contributed by atoms with Crippen molar-refractivity contribution in [3.05, 3.63) is 77.6 Å². The molecule has 0 amide bonds. The summed E-state index contributed by atoms with van der Waals surface area (Å²) in [5.41, 5.74) is 8.47. The first-order chi connectivity index (χ1) is 17.8. The number of aromatic nitrogens is 4. The van der Waals surface area contributed by atoms with E-state index in [1.54, 1.807) is 36.7 Å². The Morgan fingerprint density at radius 1 is 1.16 bits per heavy atom. The molecule has 194 valence electrons. The Balaban J connectivity index is 1.39. The minimum absolute atomic E-state index is 0.0332. The van der Waals surface area contributed by atoms with Crippen LogP contribution in [0.4, 0.5) is 10.2 Å². The van der Waals surface area contributed by atoms with Gasteiger partial charge >= 0.3 is 7.82 Å². The van der Waals surface area contributed by atoms with Gasteiger partial charge in [0, 0.05) is 43.5 Å². The summed E-state index contributed by atoms with van der Waals surface area (Å²) < 4.78 is 52.2. The third-order valence-electron chi connectivity index (χ3n) is 5.21. The van der Waals surface area contributed by atoms with E-state index in [-0.39, 0.29) is 25.0 Å². The van der Waals surface area contributed by atoms with Crippen LogP contribution in [0, 0.1) is 5.82 Å². The predicted molar refractivity (Wildman–Crippen MR) is 127 cm³/mol. The Labute approximate surface area is 211 Å². The van der Waals surface area contributed by atoms with Crippen LogP contribution in [-0.4, -0.2) is 34.2 Å². The summed E-state index contributed by atoms with van der Waals surface area (Å²) in [6.45, 7) is -0.335. The molecule has 12 nitrogen and oxygen atoms in total. The quantitative estimate of drug-likeness (QED) is 0.216. The monoisotopic (exact) mass is 532 g/mol. The fourth-order valence-electron chi connectivity index (χ4n) is 3.24. The standard InChI is InChI=1S/C23H23FN5O7P/c1-32-22-9-16(19(24)12-27-22)13-34-21-6-5-15(11-26-21)8-17-10-20(36-28-17)18-4-3-7-29(23(18)25)14-35-37(30,31)33-2/h3-7,9-12,25H,8,13-14H2,1-2H3,(H,30,31)/p+1. The zero-order chi connectivity index (χ0) is 26.4. The van der Waals surface area contributed by atoms with Gasteiger partial charge in [0.25, 0.3) is 5.82 Å². The maximum atomic E-state index is 13.9. The molecule has 37 heavy (non-hydrogen) atoms. The van der Waals surface area contributed by atoms with Gasteiger partial charge in [-0.1, -0.05) is 11.2 Å². The van der Waals surface area contributed by atoms with Gasteiger partial charge in [-0.2, -0.15) is 0 Å². The molecule has 0 aromatic carbocycles. The second kappa shape index (κ2) is 11.4. The lowest BCUT2D eigenvalue weighted by Gasteiger charge is -2.09. The first-order valence-corrected chi connectivity index (χ1v) is 12.3. The largest absolute Gasteiger partial charge is 0.481 e. The molecule has 4 heterocycles. The van der Waals surface area contributed by atoms with Crippen LogP contribution >= 0.6 is 7.82 Å². The second-order valence-corrected chi connectivity index (χ2v) is 9.22. The molecule has 4 rings (SSSR count). The van der Waals surface area contributed by atoms with E-state index in [2.05, 4.69) is 19.6 Å². The number of rotatable bonds is 11. The van der Waals surface area contributed by atoms with Crippen molar-refractivity contribution in [1.29, 1.82) is 0 Å². The van der Waals surface area contributed by atoms with Crippen molar-refractivity contribution in [2.75, 3.05) is 20.0 Å². The molecule has 0 aliphatic rings. The SMILES string of the molecule is COc1cc(COc2ccc(Cc3cc(-c4ccc[n+](COP(=O)(O)OC)c4N)on3)cn2)c(F)cn1. The van der Waals surface area contributed by atoms with E-state index in [1.165, 1.54) is 17.7 Å². The molecule has 0 saturated carbocycles. The first-order valence-electron chi connectivity index (χ1n) is 10.8. The molecular weight excluding hydrogens is 508 g/mol. The fourth-order valence-corrected chi connectivity index (χ4v) is 3.61. The number of halogens is 1. The predicted octanol–water partition coefficient (Wildman–Crippen LogP) is 3.04. The van der Waals surface area contributed by atoms with Gasteiger partial charge in [0.15, 0.2) is 5.76 Å². The Hall–Kier alpha value is -3.90. The maximum Gasteiger partial charge on any atom is 0.475 e. The van der Waals surface area contributed by atoms with Crippen LogP contribution < -0.4 is 19.8 Å². The molecule has 0 spiro atoms. The molecule has 0 saturated heterocycles. The van der Waals surface area contributed by atoms with Gasteiger partial charge < -0.3 is 18.9 Å². The van der Waals surface area contributed by atoms with Gasteiger partial charge in [-0.05, 0) is 17.7 Å². The molecule has 1 unspecified atom stereocenters. The van der Waals surface area contributed by atoms with Crippen molar-refractivity contribution in [3.63, 3.8) is 0 Å². The second-order valence-electron chi connectivity index (χ2n) is 7.66. The molecule has 1 atom stereocenters. The molecule has 0 fully saturated rings. The van der Waals surface area contributed by atoms with Crippen molar-refractivity contribution in [1.82, 2.24) is 15.1 Å². The number of nitrogens with zero attached hydrogens (tertiary/aromatic N) is 4. The Bertz CT molecular complexity index is 1420. The van der Waals surface area contributed by atoms with Gasteiger partial charge in [0.05, 0.1) is 25.2 Å². The van der Waals surface area contributed by atoms with E-state index in [4.69, 9.17) is 24.3 Å². The number of methoxy groups -OCH3 is 1. The molecule has 0 bridgehead atoms. The zero-order valence-electron chi connectivity index (χ0n) is 19.9. The summed E-state index contributed by atoms with van der Waals surface area (Å²) in [6.07, 6.45) is 4.70. The van der Waals surface area contributed by atoms with Crippen LogP contribution in [0.1, 0.15) is 16.8 Å². The summed E-state index contributed by atoms with van der Waals surface area (Å²) in [5, 5.41) is 4.09. The average molecular weight is 532 g/mol. The Kier molecular flexibility index (Phi) is 8.09. The number of nitrogens with two attached hydrogens (primary N) is 1. The van der Waals surface area contributed by atoms with E-state index in [0.29, 0.717) is 34.9 Å². The van der Waals surface area contributed by atoms with Crippen molar-refractivity contribution < 1.29 is 41.5 Å². The number of hydrogen-bond acceptors (Lipinski definition) is 10. The highest BCUT2D eigenvalue weighted by Crippen LogP contribution is 2.41. The van der Waals surface area contributed by atoms with Crippen molar-refractivity contribution in [3.8, 4) is 23.1 Å². The van der Waals surface area contributed by atoms with Gasteiger partial charge in [-0.25, -0.2) is 28.0 Å². The van der Waals surface area contributed by atoms with Gasteiger partial charge in [-0.15, -0.1) is 0 Å². The summed E-state index contributed by atoms with van der Waals surface area (Å²) in [5.74, 6) is 0.762. The number of pyridine rings is 3. The van der Waals surface area contributed by atoms with Gasteiger partial charge in [-0.3, -0.25) is 10.3 Å². The van der Waals surface area contributed by atoms with Crippen LogP contribution in [0.15, 0.2) is 59.5 Å². The van der Waals surface area contributed by atoms with Crippen LogP contribution in [0.2, 0.25) is 0 Å². The number of nitrogen functional groups attached to an aromatic ring is 1. The molecule has 4 aromatic heterocycles. The topological polar surface area (TPSA) is 156 Å². The first kappa shape index (κ1) is 26.2. The summed E-state index contributed by atoms with van der Waals surface area (Å²) in [7, 11) is -1.64. The molecule has 0 radical (unpaired) electrons. The van der Waals surface area contributed by atoms with Crippen molar-refractivity contribution in [2.45, 2.75) is 19.8 Å². The third kappa shape index (κ3) is 6.66. The van der Waals surface area contributed by atoms with E-state index in [1.807, 2.05) is 6.07 Å². The number of ether oxygens (including phenoxy) is 2. The Morgan fingerprint density at radius 2 is 1.97 bits per heavy atom. The van der Waals surface area contributed by atoms with E-state index in [0.717, 1.165) is 18.9 Å². The molecule has 0 aliphatic heterocycles. The van der Waals surface area contributed by atoms with Crippen LogP contribution in [0.25, 0.3) is 11.3 Å². The highest BCUT2D eigenvalue weighted by atomic mass is 31.2. The normalized spacial score (nSPS) is 12.8. The smallest absolute Gasteiger partial charge is 0.475 e. The van der Waals surface area contributed by atoms with Crippen molar-refractivity contribution >= 4 is 13.6 Å². The molecule has 14 heteroatoms. The van der Waals surface area contributed by atoms with E-state index < -0.39 is 13.6 Å². The third-order valence-corrected chi connectivity index (χ3v) is 6.11. The maximum absolute atomic E-state index is 13.9. The average Bonchev–Trinajstić information content (AvgIpc) is 3.36.